The Bertz CT molecular complexity index is 562. The molecule has 0 fully saturated rings. The van der Waals surface area contributed by atoms with Crippen molar-refractivity contribution < 1.29 is 0 Å². The van der Waals surface area contributed by atoms with Gasteiger partial charge in [-0.25, -0.2) is 0 Å². The highest BCUT2D eigenvalue weighted by molar-refractivity contribution is 7.19. The van der Waals surface area contributed by atoms with E-state index in [4.69, 9.17) is 0 Å². The third kappa shape index (κ3) is 4.51. The normalized spacial score (nSPS) is 11.9. The van der Waals surface area contributed by atoms with Crippen molar-refractivity contribution >= 4 is 21.4 Å². The number of hydrogen-bond acceptors (Lipinski definition) is 4. The fourth-order valence-corrected chi connectivity index (χ4v) is 3.86. The number of hydrogen-bond donors (Lipinski definition) is 1. The number of fused-ring (bicyclic) bond motifs is 1. The second-order valence-corrected chi connectivity index (χ2v) is 7.06. The Morgan fingerprint density at radius 1 is 1.10 bits per heavy atom. The maximum atomic E-state index is 3.30. The van der Waals surface area contributed by atoms with Gasteiger partial charge in [0.2, 0.25) is 0 Å². The van der Waals surface area contributed by atoms with Crippen LogP contribution in [0.3, 0.4) is 0 Å². The molecule has 0 unspecified atom stereocenters. The van der Waals surface area contributed by atoms with Crippen LogP contribution in [0.1, 0.15) is 16.9 Å². The Labute approximate surface area is 132 Å². The molecular weight excluding hydrogens is 278 g/mol. The number of rotatable bonds is 8. The molecule has 2 rings (SSSR count). The highest BCUT2D eigenvalue weighted by Gasteiger charge is 2.13. The smallest absolute Gasteiger partial charge is 0.0349 e. The van der Waals surface area contributed by atoms with Gasteiger partial charge in [0, 0.05) is 22.7 Å². The van der Waals surface area contributed by atoms with E-state index in [1.54, 1.807) is 0 Å². The number of thiophene rings is 1. The fourth-order valence-electron chi connectivity index (χ4n) is 2.63. The third-order valence-corrected chi connectivity index (χ3v) is 4.91. The highest BCUT2D eigenvalue weighted by Crippen LogP contribution is 2.32. The van der Waals surface area contributed by atoms with Crippen molar-refractivity contribution in [3.05, 3.63) is 34.7 Å². The maximum Gasteiger partial charge on any atom is 0.0349 e. The summed E-state index contributed by atoms with van der Waals surface area (Å²) in [5.41, 5.74) is 1.50. The molecule has 116 valence electrons. The number of benzene rings is 1. The quantitative estimate of drug-likeness (QED) is 0.809. The van der Waals surface area contributed by atoms with Crippen LogP contribution in [-0.4, -0.2) is 51.1 Å². The van der Waals surface area contributed by atoms with Crippen molar-refractivity contribution in [1.82, 2.24) is 15.1 Å². The number of nitrogens with one attached hydrogen (secondary N) is 1. The van der Waals surface area contributed by atoms with Gasteiger partial charge < -0.3 is 15.1 Å². The van der Waals surface area contributed by atoms with E-state index in [1.165, 1.54) is 26.9 Å². The van der Waals surface area contributed by atoms with Crippen LogP contribution < -0.4 is 5.32 Å². The average molecular weight is 305 g/mol. The molecule has 0 saturated heterocycles. The van der Waals surface area contributed by atoms with E-state index in [9.17, 15) is 0 Å². The minimum Gasteiger partial charge on any atom is -0.315 e. The molecule has 2 aromatic rings. The Balaban J connectivity index is 2.10. The van der Waals surface area contributed by atoms with Gasteiger partial charge in [0.15, 0.2) is 0 Å². The summed E-state index contributed by atoms with van der Waals surface area (Å²) < 4.78 is 1.40. The summed E-state index contributed by atoms with van der Waals surface area (Å²) in [7, 11) is 8.52. The molecule has 1 N–H and O–H groups in total. The molecule has 1 aromatic carbocycles. The van der Waals surface area contributed by atoms with Crippen molar-refractivity contribution in [2.45, 2.75) is 19.5 Å². The largest absolute Gasteiger partial charge is 0.315 e. The molecule has 4 heteroatoms. The lowest BCUT2D eigenvalue weighted by Gasteiger charge is -2.19. The molecule has 0 amide bonds. The predicted octanol–water partition coefficient (Wildman–Crippen LogP) is 3.00. The molecule has 0 saturated carbocycles. The summed E-state index contributed by atoms with van der Waals surface area (Å²) >= 11 is 1.92. The lowest BCUT2D eigenvalue weighted by Crippen LogP contribution is -2.24. The van der Waals surface area contributed by atoms with Gasteiger partial charge >= 0.3 is 0 Å². The van der Waals surface area contributed by atoms with E-state index in [1.807, 2.05) is 18.4 Å². The Hall–Kier alpha value is -0.940. The van der Waals surface area contributed by atoms with Crippen LogP contribution in [0.25, 0.3) is 10.1 Å². The Morgan fingerprint density at radius 2 is 1.86 bits per heavy atom. The summed E-state index contributed by atoms with van der Waals surface area (Å²) in [5, 5.41) is 4.73. The van der Waals surface area contributed by atoms with Crippen molar-refractivity contribution in [1.29, 1.82) is 0 Å². The molecule has 1 aromatic heterocycles. The van der Waals surface area contributed by atoms with Gasteiger partial charge in [-0.1, -0.05) is 18.2 Å². The molecule has 0 aliphatic rings. The molecule has 0 aliphatic carbocycles. The van der Waals surface area contributed by atoms with Gasteiger partial charge in [0.05, 0.1) is 0 Å². The standard InChI is InChI=1S/C17H27N3S/c1-18-12-17-15(13-20(4)11-7-10-19(2)3)14-8-5-6-9-16(14)21-17/h5-6,8-9,18H,7,10-13H2,1-4H3. The van der Waals surface area contributed by atoms with Crippen molar-refractivity contribution in [3.8, 4) is 0 Å². The lowest BCUT2D eigenvalue weighted by atomic mass is 10.1. The molecule has 0 radical (unpaired) electrons. The van der Waals surface area contributed by atoms with Crippen molar-refractivity contribution in [2.75, 3.05) is 41.3 Å². The first kappa shape index (κ1) is 16.4. The van der Waals surface area contributed by atoms with Crippen LogP contribution in [0.5, 0.6) is 0 Å². The molecule has 0 spiro atoms. The van der Waals surface area contributed by atoms with Gasteiger partial charge in [-0.3, -0.25) is 0 Å². The van der Waals surface area contributed by atoms with Crippen LogP contribution in [-0.2, 0) is 13.1 Å². The van der Waals surface area contributed by atoms with Gasteiger partial charge in [-0.05, 0) is 64.7 Å². The molecule has 0 atom stereocenters. The second-order valence-electron chi connectivity index (χ2n) is 5.92. The summed E-state index contributed by atoms with van der Waals surface area (Å²) in [6, 6.07) is 8.77. The predicted molar refractivity (Wildman–Crippen MR) is 94.1 cm³/mol. The van der Waals surface area contributed by atoms with E-state index in [2.05, 4.69) is 60.5 Å². The number of nitrogens with zero attached hydrogens (tertiary/aromatic N) is 2. The summed E-state index contributed by atoms with van der Waals surface area (Å²) in [4.78, 5) is 6.16. The van der Waals surface area contributed by atoms with E-state index < -0.39 is 0 Å². The van der Waals surface area contributed by atoms with E-state index >= 15 is 0 Å². The molecule has 21 heavy (non-hydrogen) atoms. The zero-order valence-electron chi connectivity index (χ0n) is 13.6. The molecule has 0 bridgehead atoms. The zero-order chi connectivity index (χ0) is 15.2. The Kier molecular flexibility index (Phi) is 6.18. The van der Waals surface area contributed by atoms with E-state index in [0.717, 1.165) is 26.2 Å². The fraction of sp³-hybridized carbons (Fsp3) is 0.529. The average Bonchev–Trinajstić information content (AvgIpc) is 2.77. The van der Waals surface area contributed by atoms with Crippen LogP contribution in [0, 0.1) is 0 Å². The zero-order valence-corrected chi connectivity index (χ0v) is 14.5. The second kappa shape index (κ2) is 7.90. The minimum absolute atomic E-state index is 0.959. The summed E-state index contributed by atoms with van der Waals surface area (Å²) in [5.74, 6) is 0. The van der Waals surface area contributed by atoms with Crippen molar-refractivity contribution in [3.63, 3.8) is 0 Å². The highest BCUT2D eigenvalue weighted by atomic mass is 32.1. The van der Waals surface area contributed by atoms with Crippen LogP contribution in [0.2, 0.25) is 0 Å². The molecular formula is C17H27N3S. The first-order valence-corrected chi connectivity index (χ1v) is 8.40. The molecule has 3 nitrogen and oxygen atoms in total. The van der Waals surface area contributed by atoms with E-state index in [0.29, 0.717) is 0 Å². The van der Waals surface area contributed by atoms with Gasteiger partial charge in [0.25, 0.3) is 0 Å². The van der Waals surface area contributed by atoms with Crippen molar-refractivity contribution in [2.24, 2.45) is 0 Å². The SMILES string of the molecule is CNCc1sc2ccccc2c1CN(C)CCCN(C)C. The summed E-state index contributed by atoms with van der Waals surface area (Å²) in [6.07, 6.45) is 1.22. The van der Waals surface area contributed by atoms with E-state index in [-0.39, 0.29) is 0 Å². The van der Waals surface area contributed by atoms with Crippen LogP contribution in [0.4, 0.5) is 0 Å². The van der Waals surface area contributed by atoms with Crippen LogP contribution in [0.15, 0.2) is 24.3 Å². The first-order chi connectivity index (χ1) is 10.1. The first-order valence-electron chi connectivity index (χ1n) is 7.59. The van der Waals surface area contributed by atoms with Gasteiger partial charge in [-0.2, -0.15) is 0 Å². The maximum absolute atomic E-state index is 3.30. The van der Waals surface area contributed by atoms with Gasteiger partial charge in [0.1, 0.15) is 0 Å². The Morgan fingerprint density at radius 3 is 2.57 bits per heavy atom. The molecule has 0 aliphatic heterocycles. The summed E-state index contributed by atoms with van der Waals surface area (Å²) in [6.45, 7) is 4.29. The van der Waals surface area contributed by atoms with Crippen LogP contribution >= 0.6 is 11.3 Å². The third-order valence-electron chi connectivity index (χ3n) is 3.69. The van der Waals surface area contributed by atoms with Gasteiger partial charge in [-0.15, -0.1) is 11.3 Å². The topological polar surface area (TPSA) is 18.5 Å². The monoisotopic (exact) mass is 305 g/mol. The minimum atomic E-state index is 0.959. The lowest BCUT2D eigenvalue weighted by molar-refractivity contribution is 0.295. The molecule has 1 heterocycles.